The smallest absolute Gasteiger partial charge is 0.335 e. The third-order valence-electron chi connectivity index (χ3n) is 2.85. The molecule has 0 bridgehead atoms. The number of aromatic nitrogens is 3. The van der Waals surface area contributed by atoms with E-state index in [0.717, 1.165) is 0 Å². The third-order valence-corrected chi connectivity index (χ3v) is 5.32. The van der Waals surface area contributed by atoms with Crippen molar-refractivity contribution < 1.29 is 22.7 Å². The first kappa shape index (κ1) is 19.7. The van der Waals surface area contributed by atoms with Gasteiger partial charge in [0.25, 0.3) is 10.0 Å². The summed E-state index contributed by atoms with van der Waals surface area (Å²) in [5.41, 5.74) is 0. The van der Waals surface area contributed by atoms with Crippen LogP contribution in [0.15, 0.2) is 34.1 Å². The number of sulfonamides is 1. The second-order valence-corrected chi connectivity index (χ2v) is 7.53. The van der Waals surface area contributed by atoms with Gasteiger partial charge in [-0.05, 0) is 17.9 Å². The maximum atomic E-state index is 12.5. The number of hydrogen-bond donors (Lipinski definition) is 2. The maximum Gasteiger partial charge on any atom is 0.335 e. The van der Waals surface area contributed by atoms with Gasteiger partial charge in [0.15, 0.2) is 0 Å². The average molecular weight is 399 g/mol. The predicted molar refractivity (Wildman–Crippen MR) is 95.1 cm³/mol. The van der Waals surface area contributed by atoms with Gasteiger partial charge in [-0.2, -0.15) is 9.97 Å². The van der Waals surface area contributed by atoms with Gasteiger partial charge in [-0.25, -0.2) is 17.9 Å². The molecule has 0 saturated heterocycles. The molecule has 0 aliphatic heterocycles. The molecule has 2 rings (SSSR count). The largest absolute Gasteiger partial charge is 0.467 e. The van der Waals surface area contributed by atoms with Crippen molar-refractivity contribution in [3.8, 4) is 12.0 Å². The van der Waals surface area contributed by atoms with Crippen molar-refractivity contribution in [3.05, 3.63) is 24.3 Å². The van der Waals surface area contributed by atoms with Crippen LogP contribution in [0.3, 0.4) is 0 Å². The summed E-state index contributed by atoms with van der Waals surface area (Å²) in [6.07, 6.45) is 0. The van der Waals surface area contributed by atoms with E-state index >= 15 is 0 Å². The highest BCUT2D eigenvalue weighted by molar-refractivity contribution is 8.00. The second kappa shape index (κ2) is 8.67. The molecule has 0 aliphatic rings. The number of benzene rings is 1. The van der Waals surface area contributed by atoms with E-state index in [-0.39, 0.29) is 22.9 Å². The monoisotopic (exact) mass is 399 g/mol. The van der Waals surface area contributed by atoms with E-state index in [1.165, 1.54) is 32.0 Å². The minimum Gasteiger partial charge on any atom is -0.467 e. The number of carbonyl (C=O) groups is 1. The van der Waals surface area contributed by atoms with E-state index in [4.69, 9.17) is 9.47 Å². The zero-order chi connectivity index (χ0) is 19.2. The molecule has 0 unspecified atom stereocenters. The van der Waals surface area contributed by atoms with Gasteiger partial charge in [0, 0.05) is 4.90 Å². The molecule has 2 amide bonds. The molecule has 140 valence electrons. The van der Waals surface area contributed by atoms with Crippen molar-refractivity contribution >= 4 is 33.8 Å². The van der Waals surface area contributed by atoms with Gasteiger partial charge in [0.2, 0.25) is 5.95 Å². The molecule has 0 saturated carbocycles. The molecule has 1 heterocycles. The first-order chi connectivity index (χ1) is 12.4. The molecule has 26 heavy (non-hydrogen) atoms. The fraction of sp³-hybridized carbons (Fsp3) is 0.286. The zero-order valence-corrected chi connectivity index (χ0v) is 15.8. The van der Waals surface area contributed by atoms with Crippen molar-refractivity contribution in [1.82, 2.24) is 19.7 Å². The van der Waals surface area contributed by atoms with Crippen LogP contribution in [0.4, 0.5) is 10.7 Å². The normalized spacial score (nSPS) is 10.9. The molecule has 12 heteroatoms. The molecular formula is C14H17N5O5S2. The summed E-state index contributed by atoms with van der Waals surface area (Å²) in [5, 5.41) is 2.21. The molecule has 10 nitrogen and oxygen atoms in total. The zero-order valence-electron chi connectivity index (χ0n) is 14.2. The lowest BCUT2D eigenvalue weighted by molar-refractivity contribution is 0.256. The topological polar surface area (TPSA) is 132 Å². The summed E-state index contributed by atoms with van der Waals surface area (Å²) in [6, 6.07) is 5.16. The number of ether oxygens (including phenoxy) is 2. The molecule has 1 aromatic heterocycles. The van der Waals surface area contributed by atoms with Crippen molar-refractivity contribution in [2.45, 2.75) is 16.7 Å². The predicted octanol–water partition coefficient (Wildman–Crippen LogP) is 1.51. The van der Waals surface area contributed by atoms with Gasteiger partial charge < -0.3 is 9.47 Å². The third kappa shape index (κ3) is 4.95. The first-order valence-corrected chi connectivity index (χ1v) is 9.76. The Morgan fingerprint density at radius 3 is 2.31 bits per heavy atom. The van der Waals surface area contributed by atoms with Gasteiger partial charge in [0.05, 0.1) is 14.2 Å². The number of hydrogen-bond acceptors (Lipinski definition) is 9. The molecule has 0 spiro atoms. The van der Waals surface area contributed by atoms with Crippen LogP contribution in [0.25, 0.3) is 0 Å². The van der Waals surface area contributed by atoms with E-state index in [2.05, 4.69) is 20.3 Å². The number of rotatable bonds is 7. The minimum atomic E-state index is -4.08. The highest BCUT2D eigenvalue weighted by Gasteiger charge is 2.22. The van der Waals surface area contributed by atoms with Gasteiger partial charge in [-0.3, -0.25) is 5.32 Å². The molecule has 0 atom stereocenters. The highest BCUT2D eigenvalue weighted by atomic mass is 32.2. The van der Waals surface area contributed by atoms with E-state index in [1.54, 1.807) is 18.2 Å². The number of anilines is 1. The number of thioether (sulfide) groups is 1. The number of nitrogens with one attached hydrogen (secondary N) is 2. The molecule has 2 N–H and O–H groups in total. The Morgan fingerprint density at radius 2 is 1.73 bits per heavy atom. The van der Waals surface area contributed by atoms with Crippen LogP contribution in [-0.4, -0.2) is 49.4 Å². The van der Waals surface area contributed by atoms with E-state index in [9.17, 15) is 13.2 Å². The number of carbonyl (C=O) groups excluding carboxylic acids is 1. The Morgan fingerprint density at radius 1 is 1.12 bits per heavy atom. The Labute approximate surface area is 154 Å². The Balaban J connectivity index is 2.19. The number of amides is 2. The van der Waals surface area contributed by atoms with Crippen LogP contribution in [0.2, 0.25) is 0 Å². The number of urea groups is 1. The van der Waals surface area contributed by atoms with Gasteiger partial charge >= 0.3 is 18.1 Å². The van der Waals surface area contributed by atoms with Gasteiger partial charge in [0.1, 0.15) is 4.90 Å². The van der Waals surface area contributed by atoms with Crippen molar-refractivity contribution in [2.75, 3.05) is 25.3 Å². The lowest BCUT2D eigenvalue weighted by Gasteiger charge is -2.11. The summed E-state index contributed by atoms with van der Waals surface area (Å²) in [6.45, 7) is 1.90. The van der Waals surface area contributed by atoms with Gasteiger partial charge in [-0.15, -0.1) is 16.7 Å². The van der Waals surface area contributed by atoms with E-state index < -0.39 is 16.1 Å². The van der Waals surface area contributed by atoms with E-state index in [1.807, 2.05) is 11.6 Å². The molecule has 0 radical (unpaired) electrons. The highest BCUT2D eigenvalue weighted by Crippen LogP contribution is 2.26. The molecule has 0 aliphatic carbocycles. The number of nitrogens with zero attached hydrogens (tertiary/aromatic N) is 3. The maximum absolute atomic E-state index is 12.5. The molecule has 1 aromatic carbocycles. The Hall–Kier alpha value is -2.60. The minimum absolute atomic E-state index is 0.00723. The fourth-order valence-electron chi connectivity index (χ4n) is 1.83. The van der Waals surface area contributed by atoms with Crippen molar-refractivity contribution in [3.63, 3.8) is 0 Å². The summed E-state index contributed by atoms with van der Waals surface area (Å²) in [5.74, 6) is 0.459. The molecule has 0 fully saturated rings. The van der Waals surface area contributed by atoms with Crippen LogP contribution in [0.1, 0.15) is 6.92 Å². The first-order valence-electron chi connectivity index (χ1n) is 7.29. The fourth-order valence-corrected chi connectivity index (χ4v) is 4.03. The SMILES string of the molecule is CCSc1ccccc1S(=O)(=O)NC(=O)Nc1nc(OC)nc(OC)n1. The van der Waals surface area contributed by atoms with Crippen LogP contribution in [0.5, 0.6) is 12.0 Å². The van der Waals surface area contributed by atoms with Crippen LogP contribution in [-0.2, 0) is 10.0 Å². The quantitative estimate of drug-likeness (QED) is 0.665. The Bertz CT molecular complexity index is 869. The molecular weight excluding hydrogens is 382 g/mol. The van der Waals surface area contributed by atoms with Crippen LogP contribution in [0, 0.1) is 0 Å². The van der Waals surface area contributed by atoms with Crippen molar-refractivity contribution in [2.24, 2.45) is 0 Å². The summed E-state index contributed by atoms with van der Waals surface area (Å²) in [4.78, 5) is 24.0. The van der Waals surface area contributed by atoms with E-state index in [0.29, 0.717) is 10.6 Å². The summed E-state index contributed by atoms with van der Waals surface area (Å²) >= 11 is 1.35. The molecule has 2 aromatic rings. The van der Waals surface area contributed by atoms with Gasteiger partial charge in [-0.1, -0.05) is 19.1 Å². The van der Waals surface area contributed by atoms with Crippen LogP contribution >= 0.6 is 11.8 Å². The summed E-state index contributed by atoms with van der Waals surface area (Å²) in [7, 11) is -1.43. The average Bonchev–Trinajstić information content (AvgIpc) is 2.61. The second-order valence-electron chi connectivity index (χ2n) is 4.57. The van der Waals surface area contributed by atoms with Crippen LogP contribution < -0.4 is 19.5 Å². The standard InChI is InChI=1S/C14H17N5O5S2/c1-4-25-9-7-5-6-8-10(9)26(21,22)19-12(20)15-11-16-13(23-2)18-14(17-11)24-3/h5-8H,4H2,1-3H3,(H2,15,16,17,18,19,20). The Kier molecular flexibility index (Phi) is 6.58. The lowest BCUT2D eigenvalue weighted by Crippen LogP contribution is -2.35. The number of methoxy groups -OCH3 is 2. The summed E-state index contributed by atoms with van der Waals surface area (Å²) < 4.78 is 36.6. The van der Waals surface area contributed by atoms with Crippen molar-refractivity contribution in [1.29, 1.82) is 0 Å². The lowest BCUT2D eigenvalue weighted by atomic mass is 10.4.